The first-order chi connectivity index (χ1) is 11.5. The number of nitrogens with zero attached hydrogens (tertiary/aromatic N) is 1. The molecule has 2 rings (SSSR count). The number of carbonyl (C=O) groups is 1. The number of nitro benzene ring substituents is 1. The number of phenolic OH excluding ortho intramolecular Hbond substituents is 1. The van der Waals surface area contributed by atoms with E-state index >= 15 is 0 Å². The molecule has 0 saturated carbocycles. The highest BCUT2D eigenvalue weighted by Gasteiger charge is 2.24. The van der Waals surface area contributed by atoms with E-state index in [-0.39, 0.29) is 33.1 Å². The molecule has 0 spiro atoms. The van der Waals surface area contributed by atoms with Gasteiger partial charge in [0.1, 0.15) is 5.75 Å². The SMILES string of the molecule is Cc1cc(C(=O)Nc2ccc([N+](=O)[O-])cc2Cl)c(O)c(C(C)(C)C)c1. The Morgan fingerprint density at radius 2 is 1.88 bits per heavy atom. The minimum atomic E-state index is -0.570. The van der Waals surface area contributed by atoms with E-state index in [2.05, 4.69) is 5.32 Å². The van der Waals surface area contributed by atoms with E-state index < -0.39 is 10.8 Å². The molecule has 0 fully saturated rings. The first kappa shape index (κ1) is 18.7. The first-order valence-electron chi connectivity index (χ1n) is 7.60. The zero-order chi connectivity index (χ0) is 18.9. The number of hydrogen-bond acceptors (Lipinski definition) is 4. The summed E-state index contributed by atoms with van der Waals surface area (Å²) < 4.78 is 0. The van der Waals surface area contributed by atoms with E-state index in [1.54, 1.807) is 6.07 Å². The lowest BCUT2D eigenvalue weighted by Gasteiger charge is -2.22. The van der Waals surface area contributed by atoms with Gasteiger partial charge in [-0.1, -0.05) is 38.4 Å². The molecule has 0 radical (unpaired) electrons. The number of non-ortho nitro benzene ring substituents is 1. The summed E-state index contributed by atoms with van der Waals surface area (Å²) in [7, 11) is 0. The van der Waals surface area contributed by atoms with Crippen molar-refractivity contribution in [2.45, 2.75) is 33.1 Å². The fourth-order valence-electron chi connectivity index (χ4n) is 2.43. The number of phenols is 1. The summed E-state index contributed by atoms with van der Waals surface area (Å²) in [5.74, 6) is -0.629. The maximum Gasteiger partial charge on any atom is 0.271 e. The van der Waals surface area contributed by atoms with Crippen molar-refractivity contribution in [3.8, 4) is 5.75 Å². The smallest absolute Gasteiger partial charge is 0.271 e. The second-order valence-electron chi connectivity index (χ2n) is 6.83. The number of aromatic hydroxyl groups is 1. The van der Waals surface area contributed by atoms with Gasteiger partial charge in [-0.25, -0.2) is 0 Å². The molecular weight excluding hydrogens is 344 g/mol. The molecule has 7 heteroatoms. The summed E-state index contributed by atoms with van der Waals surface area (Å²) >= 11 is 6.00. The van der Waals surface area contributed by atoms with E-state index in [0.29, 0.717) is 5.56 Å². The molecule has 0 bridgehead atoms. The van der Waals surface area contributed by atoms with Gasteiger partial charge in [0.2, 0.25) is 0 Å². The quantitative estimate of drug-likeness (QED) is 0.605. The first-order valence-corrected chi connectivity index (χ1v) is 7.98. The predicted molar refractivity (Wildman–Crippen MR) is 97.6 cm³/mol. The topological polar surface area (TPSA) is 92.5 Å². The van der Waals surface area contributed by atoms with Gasteiger partial charge in [0.15, 0.2) is 0 Å². The number of nitrogens with one attached hydrogen (secondary N) is 1. The van der Waals surface area contributed by atoms with Crippen LogP contribution in [0.25, 0.3) is 0 Å². The van der Waals surface area contributed by atoms with Crippen LogP contribution in [0.4, 0.5) is 11.4 Å². The molecule has 0 aliphatic rings. The van der Waals surface area contributed by atoms with E-state index in [1.165, 1.54) is 12.1 Å². The molecule has 6 nitrogen and oxygen atoms in total. The Balaban J connectivity index is 2.39. The normalized spacial score (nSPS) is 11.2. The average Bonchev–Trinajstić information content (AvgIpc) is 2.49. The van der Waals surface area contributed by atoms with Crippen molar-refractivity contribution >= 4 is 28.9 Å². The Bertz CT molecular complexity index is 857. The van der Waals surface area contributed by atoms with Gasteiger partial charge in [-0.3, -0.25) is 14.9 Å². The molecule has 2 aromatic carbocycles. The molecule has 1 amide bonds. The van der Waals surface area contributed by atoms with Crippen LogP contribution in [-0.2, 0) is 5.41 Å². The van der Waals surface area contributed by atoms with Crippen molar-refractivity contribution in [1.82, 2.24) is 0 Å². The Hall–Kier alpha value is -2.60. The summed E-state index contributed by atoms with van der Waals surface area (Å²) in [4.78, 5) is 22.8. The van der Waals surface area contributed by atoms with Gasteiger partial charge in [0.05, 0.1) is 21.2 Å². The van der Waals surface area contributed by atoms with Crippen LogP contribution in [0.15, 0.2) is 30.3 Å². The summed E-state index contributed by atoms with van der Waals surface area (Å²) in [6, 6.07) is 7.19. The molecule has 0 saturated heterocycles. The minimum Gasteiger partial charge on any atom is -0.507 e. The third-order valence-electron chi connectivity index (χ3n) is 3.72. The second-order valence-corrected chi connectivity index (χ2v) is 7.24. The molecule has 0 aliphatic carbocycles. The number of nitro groups is 1. The van der Waals surface area contributed by atoms with Gasteiger partial charge in [-0.05, 0) is 30.0 Å². The lowest BCUT2D eigenvalue weighted by Crippen LogP contribution is -2.17. The van der Waals surface area contributed by atoms with E-state index in [0.717, 1.165) is 11.6 Å². The molecule has 0 aliphatic heterocycles. The highest BCUT2D eigenvalue weighted by atomic mass is 35.5. The predicted octanol–water partition coefficient (Wildman–Crippen LogP) is 4.81. The third kappa shape index (κ3) is 4.09. The van der Waals surface area contributed by atoms with Crippen LogP contribution in [0.5, 0.6) is 5.75 Å². The van der Waals surface area contributed by atoms with Crippen LogP contribution < -0.4 is 5.32 Å². The summed E-state index contributed by atoms with van der Waals surface area (Å²) in [5.41, 5.74) is 1.34. The lowest BCUT2D eigenvalue weighted by atomic mass is 9.84. The van der Waals surface area contributed by atoms with Crippen LogP contribution in [0.2, 0.25) is 5.02 Å². The monoisotopic (exact) mass is 362 g/mol. The number of benzene rings is 2. The summed E-state index contributed by atoms with van der Waals surface area (Å²) in [6.07, 6.45) is 0. The fourth-order valence-corrected chi connectivity index (χ4v) is 2.65. The van der Waals surface area contributed by atoms with Crippen LogP contribution in [0.3, 0.4) is 0 Å². The van der Waals surface area contributed by atoms with Gasteiger partial charge >= 0.3 is 0 Å². The zero-order valence-corrected chi connectivity index (χ0v) is 15.1. The number of aryl methyl sites for hydroxylation is 1. The van der Waals surface area contributed by atoms with Crippen molar-refractivity contribution in [3.63, 3.8) is 0 Å². The maximum atomic E-state index is 12.6. The number of hydrogen-bond donors (Lipinski definition) is 2. The van der Waals surface area contributed by atoms with Crippen molar-refractivity contribution in [1.29, 1.82) is 0 Å². The Kier molecular flexibility index (Phi) is 5.04. The zero-order valence-electron chi connectivity index (χ0n) is 14.4. The van der Waals surface area contributed by atoms with Crippen molar-refractivity contribution in [3.05, 3.63) is 62.2 Å². The van der Waals surface area contributed by atoms with Gasteiger partial charge < -0.3 is 10.4 Å². The Morgan fingerprint density at radius 3 is 2.40 bits per heavy atom. The van der Waals surface area contributed by atoms with Gasteiger partial charge in [-0.2, -0.15) is 0 Å². The Morgan fingerprint density at radius 1 is 1.24 bits per heavy atom. The van der Waals surface area contributed by atoms with Gasteiger partial charge in [0.25, 0.3) is 11.6 Å². The number of carbonyl (C=O) groups excluding carboxylic acids is 1. The highest BCUT2D eigenvalue weighted by Crippen LogP contribution is 2.35. The number of rotatable bonds is 3. The largest absolute Gasteiger partial charge is 0.507 e. The lowest BCUT2D eigenvalue weighted by molar-refractivity contribution is -0.384. The van der Waals surface area contributed by atoms with Crippen molar-refractivity contribution in [2.75, 3.05) is 5.32 Å². The second kappa shape index (κ2) is 6.72. The van der Waals surface area contributed by atoms with Crippen molar-refractivity contribution < 1.29 is 14.8 Å². The minimum absolute atomic E-state index is 0.0470. The van der Waals surface area contributed by atoms with Crippen LogP contribution in [0, 0.1) is 17.0 Å². The highest BCUT2D eigenvalue weighted by molar-refractivity contribution is 6.34. The summed E-state index contributed by atoms with van der Waals surface area (Å²) in [5, 5.41) is 23.9. The van der Waals surface area contributed by atoms with E-state index in [9.17, 15) is 20.0 Å². The molecule has 0 aromatic heterocycles. The van der Waals surface area contributed by atoms with E-state index in [1.807, 2.05) is 33.8 Å². The number of anilines is 1. The number of halogens is 1. The van der Waals surface area contributed by atoms with Crippen LogP contribution in [-0.4, -0.2) is 15.9 Å². The molecule has 2 N–H and O–H groups in total. The fraction of sp³-hybridized carbons (Fsp3) is 0.278. The maximum absolute atomic E-state index is 12.6. The van der Waals surface area contributed by atoms with Gasteiger partial charge in [-0.15, -0.1) is 0 Å². The van der Waals surface area contributed by atoms with Gasteiger partial charge in [0, 0.05) is 17.7 Å². The number of amides is 1. The summed E-state index contributed by atoms with van der Waals surface area (Å²) in [6.45, 7) is 7.66. The molecule has 0 unspecified atom stereocenters. The third-order valence-corrected chi connectivity index (χ3v) is 4.03. The molecule has 0 heterocycles. The standard InChI is InChI=1S/C18H19ClN2O4/c1-10-7-12(16(22)13(8-10)18(2,3)4)17(23)20-15-6-5-11(21(24)25)9-14(15)19/h5-9,22H,1-4H3,(H,20,23). The molecule has 0 atom stereocenters. The van der Waals surface area contributed by atoms with Crippen LogP contribution >= 0.6 is 11.6 Å². The van der Waals surface area contributed by atoms with Crippen LogP contribution in [0.1, 0.15) is 42.3 Å². The Labute approximate surface area is 150 Å². The molecule has 132 valence electrons. The van der Waals surface area contributed by atoms with Crippen molar-refractivity contribution in [2.24, 2.45) is 0 Å². The average molecular weight is 363 g/mol. The molecule has 2 aromatic rings. The molecule has 25 heavy (non-hydrogen) atoms. The molecular formula is C18H19ClN2O4. The van der Waals surface area contributed by atoms with E-state index in [4.69, 9.17) is 11.6 Å².